The van der Waals surface area contributed by atoms with Crippen LogP contribution in [0.1, 0.15) is 11.1 Å². The largest absolute Gasteiger partial charge is 0.505 e. The molecule has 0 heterocycles. The Balaban J connectivity index is 2.11. The molecule has 1 N–H and O–H groups in total. The Bertz CT molecular complexity index is 820. The van der Waals surface area contributed by atoms with Crippen LogP contribution in [0.25, 0.3) is 10.8 Å². The molecule has 3 aromatic carbocycles. The summed E-state index contributed by atoms with van der Waals surface area (Å²) in [4.78, 5) is 0. The number of aromatic hydroxyl groups is 1. The molecule has 0 aliphatic carbocycles. The van der Waals surface area contributed by atoms with Gasteiger partial charge in [0, 0.05) is 5.39 Å². The average Bonchev–Trinajstić information content (AvgIpc) is 2.49. The summed E-state index contributed by atoms with van der Waals surface area (Å²) < 4.78 is 0. The zero-order chi connectivity index (χ0) is 14.8. The van der Waals surface area contributed by atoms with Gasteiger partial charge >= 0.3 is 0 Å². The minimum atomic E-state index is 0.185. The van der Waals surface area contributed by atoms with Gasteiger partial charge in [0.15, 0.2) is 0 Å². The molecule has 104 valence electrons. The number of nitrogens with zero attached hydrogens (tertiary/aromatic N) is 2. The quantitative estimate of drug-likeness (QED) is 0.610. The van der Waals surface area contributed by atoms with Crippen molar-refractivity contribution in [3.8, 4) is 5.75 Å². The fraction of sp³-hybridized carbons (Fsp3) is 0.111. The Morgan fingerprint density at radius 2 is 1.57 bits per heavy atom. The first-order valence-electron chi connectivity index (χ1n) is 6.85. The van der Waals surface area contributed by atoms with Crippen molar-refractivity contribution in [1.82, 2.24) is 0 Å². The van der Waals surface area contributed by atoms with Crippen molar-refractivity contribution in [1.29, 1.82) is 0 Å². The fourth-order valence-electron chi connectivity index (χ4n) is 2.27. The number of fused-ring (bicyclic) bond motifs is 1. The maximum absolute atomic E-state index is 10.3. The molecule has 3 nitrogen and oxygen atoms in total. The van der Waals surface area contributed by atoms with Crippen molar-refractivity contribution in [3.05, 3.63) is 65.7 Å². The second-order valence-electron chi connectivity index (χ2n) is 5.15. The van der Waals surface area contributed by atoms with E-state index in [0.29, 0.717) is 5.69 Å². The van der Waals surface area contributed by atoms with E-state index in [1.54, 1.807) is 0 Å². The van der Waals surface area contributed by atoms with Crippen molar-refractivity contribution >= 4 is 22.1 Å². The van der Waals surface area contributed by atoms with Crippen LogP contribution < -0.4 is 0 Å². The van der Waals surface area contributed by atoms with Gasteiger partial charge < -0.3 is 5.11 Å². The van der Waals surface area contributed by atoms with Crippen LogP contribution in [0.5, 0.6) is 5.75 Å². The molecule has 0 atom stereocenters. The zero-order valence-corrected chi connectivity index (χ0v) is 12.0. The molecule has 0 radical (unpaired) electrons. The van der Waals surface area contributed by atoms with Gasteiger partial charge in [0.05, 0.1) is 5.69 Å². The number of benzene rings is 3. The number of phenols is 1. The monoisotopic (exact) mass is 276 g/mol. The second kappa shape index (κ2) is 5.37. The number of rotatable bonds is 2. The summed E-state index contributed by atoms with van der Waals surface area (Å²) in [7, 11) is 0. The molecule has 0 amide bonds. The maximum atomic E-state index is 10.3. The molecule has 0 saturated carbocycles. The van der Waals surface area contributed by atoms with E-state index in [-0.39, 0.29) is 5.75 Å². The number of aryl methyl sites for hydroxylation is 2. The summed E-state index contributed by atoms with van der Waals surface area (Å²) in [5.74, 6) is 0.185. The third-order valence-corrected chi connectivity index (χ3v) is 3.49. The maximum Gasteiger partial charge on any atom is 0.146 e. The highest BCUT2D eigenvalue weighted by atomic mass is 16.3. The lowest BCUT2D eigenvalue weighted by Gasteiger charge is -2.07. The predicted octanol–water partition coefficient (Wildman–Crippen LogP) is 5.58. The van der Waals surface area contributed by atoms with E-state index in [9.17, 15) is 5.11 Å². The lowest BCUT2D eigenvalue weighted by atomic mass is 10.0. The first-order valence-corrected chi connectivity index (χ1v) is 6.85. The molecule has 0 fully saturated rings. The van der Waals surface area contributed by atoms with Gasteiger partial charge in [-0.1, -0.05) is 42.0 Å². The molecule has 0 unspecified atom stereocenters. The van der Waals surface area contributed by atoms with Gasteiger partial charge in [-0.15, -0.1) is 5.11 Å². The third-order valence-electron chi connectivity index (χ3n) is 3.49. The Hall–Kier alpha value is -2.68. The van der Waals surface area contributed by atoms with Gasteiger partial charge in [-0.3, -0.25) is 0 Å². The lowest BCUT2D eigenvalue weighted by Crippen LogP contribution is -1.80. The molecular weight excluding hydrogens is 260 g/mol. The van der Waals surface area contributed by atoms with Crippen LogP contribution in [0.3, 0.4) is 0 Å². The Morgan fingerprint density at radius 1 is 0.857 bits per heavy atom. The van der Waals surface area contributed by atoms with Crippen molar-refractivity contribution in [2.45, 2.75) is 13.8 Å². The predicted molar refractivity (Wildman–Crippen MR) is 85.7 cm³/mol. The van der Waals surface area contributed by atoms with Crippen LogP contribution in [0.4, 0.5) is 11.4 Å². The van der Waals surface area contributed by atoms with Crippen molar-refractivity contribution in [2.24, 2.45) is 10.2 Å². The van der Waals surface area contributed by atoms with Gasteiger partial charge in [0.25, 0.3) is 0 Å². The van der Waals surface area contributed by atoms with E-state index in [2.05, 4.69) is 10.2 Å². The van der Waals surface area contributed by atoms with Crippen LogP contribution in [0.15, 0.2) is 64.8 Å². The summed E-state index contributed by atoms with van der Waals surface area (Å²) in [5, 5.41) is 20.7. The molecule has 3 aromatic rings. The van der Waals surface area contributed by atoms with Crippen LogP contribution in [0, 0.1) is 13.8 Å². The molecule has 0 bridgehead atoms. The highest BCUT2D eigenvalue weighted by Gasteiger charge is 2.09. The zero-order valence-electron chi connectivity index (χ0n) is 12.0. The van der Waals surface area contributed by atoms with Gasteiger partial charge in [0.2, 0.25) is 0 Å². The minimum Gasteiger partial charge on any atom is -0.505 e. The third kappa shape index (κ3) is 2.63. The van der Waals surface area contributed by atoms with Crippen LogP contribution in [-0.4, -0.2) is 5.11 Å². The smallest absolute Gasteiger partial charge is 0.146 e. The topological polar surface area (TPSA) is 45.0 Å². The van der Waals surface area contributed by atoms with Crippen molar-refractivity contribution in [2.75, 3.05) is 0 Å². The van der Waals surface area contributed by atoms with E-state index in [4.69, 9.17) is 0 Å². The SMILES string of the molecule is Cc1ccc(N=Nc2c(O)c(C)cc3ccccc23)cc1. The van der Waals surface area contributed by atoms with E-state index in [0.717, 1.165) is 22.0 Å². The fourth-order valence-corrected chi connectivity index (χ4v) is 2.27. The molecule has 3 heteroatoms. The van der Waals surface area contributed by atoms with Crippen molar-refractivity contribution in [3.63, 3.8) is 0 Å². The van der Waals surface area contributed by atoms with Gasteiger partial charge in [-0.2, -0.15) is 5.11 Å². The molecule has 0 saturated heterocycles. The van der Waals surface area contributed by atoms with E-state index < -0.39 is 0 Å². The summed E-state index contributed by atoms with van der Waals surface area (Å²) in [6, 6.07) is 17.6. The number of phenolic OH excluding ortho intramolecular Hbond substituents is 1. The summed E-state index contributed by atoms with van der Waals surface area (Å²) >= 11 is 0. The van der Waals surface area contributed by atoms with Crippen molar-refractivity contribution < 1.29 is 5.11 Å². The molecule has 3 rings (SSSR count). The van der Waals surface area contributed by atoms with Crippen LogP contribution >= 0.6 is 0 Å². The summed E-state index contributed by atoms with van der Waals surface area (Å²) in [6.45, 7) is 3.90. The number of hydrogen-bond acceptors (Lipinski definition) is 3. The molecule has 0 aliphatic heterocycles. The summed E-state index contributed by atoms with van der Waals surface area (Å²) in [6.07, 6.45) is 0. The Morgan fingerprint density at radius 3 is 2.33 bits per heavy atom. The molecule has 0 aromatic heterocycles. The standard InChI is InChI=1S/C18H16N2O/c1-12-7-9-15(10-8-12)19-20-17-16-6-4-3-5-14(16)11-13(2)18(17)21/h3-11,21H,1-2H3. The number of azo groups is 1. The van der Waals surface area contributed by atoms with E-state index in [1.807, 2.05) is 68.4 Å². The first-order chi connectivity index (χ1) is 10.1. The lowest BCUT2D eigenvalue weighted by molar-refractivity contribution is 0.473. The first kappa shape index (κ1) is 13.3. The minimum absolute atomic E-state index is 0.185. The van der Waals surface area contributed by atoms with E-state index in [1.165, 1.54) is 5.56 Å². The molecular formula is C18H16N2O. The highest BCUT2D eigenvalue weighted by molar-refractivity contribution is 5.96. The normalized spacial score (nSPS) is 11.3. The Kier molecular flexibility index (Phi) is 3.40. The average molecular weight is 276 g/mol. The van der Waals surface area contributed by atoms with Crippen LogP contribution in [-0.2, 0) is 0 Å². The second-order valence-corrected chi connectivity index (χ2v) is 5.15. The summed E-state index contributed by atoms with van der Waals surface area (Å²) in [5.41, 5.74) is 3.26. The van der Waals surface area contributed by atoms with Gasteiger partial charge in [-0.05, 0) is 43.0 Å². The van der Waals surface area contributed by atoms with Gasteiger partial charge in [0.1, 0.15) is 11.4 Å². The number of hydrogen-bond donors (Lipinski definition) is 1. The Labute approximate surface area is 123 Å². The van der Waals surface area contributed by atoms with E-state index >= 15 is 0 Å². The highest BCUT2D eigenvalue weighted by Crippen LogP contribution is 2.38. The molecule has 21 heavy (non-hydrogen) atoms. The van der Waals surface area contributed by atoms with Crippen LogP contribution in [0.2, 0.25) is 0 Å². The molecule has 0 aliphatic rings. The van der Waals surface area contributed by atoms with Gasteiger partial charge in [-0.25, -0.2) is 0 Å². The molecule has 0 spiro atoms.